The zero-order valence-electron chi connectivity index (χ0n) is 20.3. The number of methoxy groups -OCH3 is 3. The summed E-state index contributed by atoms with van der Waals surface area (Å²) >= 11 is 6.16. The Morgan fingerprint density at radius 3 is 2.50 bits per heavy atom. The first kappa shape index (κ1) is 25.4. The van der Waals surface area contributed by atoms with E-state index in [9.17, 15) is 14.7 Å². The van der Waals surface area contributed by atoms with Crippen LogP contribution >= 0.6 is 11.6 Å². The third-order valence-corrected chi connectivity index (χ3v) is 6.10. The summed E-state index contributed by atoms with van der Waals surface area (Å²) in [6.07, 6.45) is 0. The van der Waals surface area contributed by atoms with E-state index in [0.29, 0.717) is 45.4 Å². The van der Waals surface area contributed by atoms with E-state index in [1.54, 1.807) is 30.3 Å². The monoisotopic (exact) mass is 515 g/mol. The Hall–Kier alpha value is -3.69. The van der Waals surface area contributed by atoms with Crippen LogP contribution in [-0.2, 0) is 9.53 Å². The molecule has 0 spiro atoms. The molecular formula is C26H26ClNO8. The van der Waals surface area contributed by atoms with E-state index in [1.165, 1.54) is 32.3 Å². The van der Waals surface area contributed by atoms with E-state index in [4.69, 9.17) is 35.0 Å². The number of rotatable bonds is 10. The fourth-order valence-electron chi connectivity index (χ4n) is 4.27. The number of furan rings is 1. The van der Waals surface area contributed by atoms with Crippen molar-refractivity contribution >= 4 is 34.3 Å². The molecule has 0 saturated heterocycles. The SMILES string of the molecule is CCOc1cc(C2C(C(=O)c3cc4cc(Cl)cc(OC)c4o3)=C(O)C(=O)N2CCOC)ccc1OC. The van der Waals surface area contributed by atoms with Crippen molar-refractivity contribution in [1.29, 1.82) is 0 Å². The Morgan fingerprint density at radius 1 is 1.08 bits per heavy atom. The van der Waals surface area contributed by atoms with Crippen LogP contribution in [0.3, 0.4) is 0 Å². The molecule has 3 aromatic rings. The van der Waals surface area contributed by atoms with Crippen molar-refractivity contribution in [3.8, 4) is 17.2 Å². The third-order valence-electron chi connectivity index (χ3n) is 5.88. The molecule has 10 heteroatoms. The highest BCUT2D eigenvalue weighted by molar-refractivity contribution is 6.31. The van der Waals surface area contributed by atoms with Gasteiger partial charge in [0.25, 0.3) is 5.91 Å². The molecule has 2 aromatic carbocycles. The number of carbonyl (C=O) groups is 2. The standard InChI is InChI=1S/C26H26ClNO8/c1-5-35-18-11-14(6-7-17(18)33-3)22-21(24(30)26(31)28(22)8-9-32-2)23(29)19-12-15-10-16(27)13-20(34-4)25(15)36-19/h6-7,10-13,22,30H,5,8-9H2,1-4H3. The van der Waals surface area contributed by atoms with Gasteiger partial charge >= 0.3 is 0 Å². The van der Waals surface area contributed by atoms with Crippen LogP contribution in [0.15, 0.2) is 52.1 Å². The molecule has 1 unspecified atom stereocenters. The summed E-state index contributed by atoms with van der Waals surface area (Å²) < 4.78 is 27.4. The largest absolute Gasteiger partial charge is 0.503 e. The zero-order valence-corrected chi connectivity index (χ0v) is 21.0. The van der Waals surface area contributed by atoms with E-state index in [1.807, 2.05) is 6.92 Å². The zero-order chi connectivity index (χ0) is 26.0. The minimum Gasteiger partial charge on any atom is -0.503 e. The van der Waals surface area contributed by atoms with Crippen LogP contribution in [-0.4, -0.2) is 62.8 Å². The predicted molar refractivity (Wildman–Crippen MR) is 132 cm³/mol. The predicted octanol–water partition coefficient (Wildman–Crippen LogP) is 4.73. The molecule has 1 N–H and O–H groups in total. The van der Waals surface area contributed by atoms with Gasteiger partial charge in [-0.1, -0.05) is 17.7 Å². The van der Waals surface area contributed by atoms with Gasteiger partial charge in [-0.2, -0.15) is 0 Å². The van der Waals surface area contributed by atoms with Gasteiger partial charge in [-0.05, 0) is 36.8 Å². The summed E-state index contributed by atoms with van der Waals surface area (Å²) in [6.45, 7) is 2.55. The van der Waals surface area contributed by atoms with Gasteiger partial charge in [-0.3, -0.25) is 9.59 Å². The number of aliphatic hydroxyl groups excluding tert-OH is 1. The van der Waals surface area contributed by atoms with Crippen molar-refractivity contribution in [2.24, 2.45) is 0 Å². The molecule has 4 rings (SSSR count). The van der Waals surface area contributed by atoms with Crippen LogP contribution in [0.25, 0.3) is 11.0 Å². The van der Waals surface area contributed by atoms with Gasteiger partial charge in [-0.15, -0.1) is 0 Å². The lowest BCUT2D eigenvalue weighted by Crippen LogP contribution is -2.34. The topological polar surface area (TPSA) is 108 Å². The fourth-order valence-corrected chi connectivity index (χ4v) is 4.48. The average Bonchev–Trinajstić information content (AvgIpc) is 3.41. The van der Waals surface area contributed by atoms with Crippen LogP contribution in [0, 0.1) is 0 Å². The molecular weight excluding hydrogens is 490 g/mol. The fraction of sp³-hybridized carbons (Fsp3) is 0.308. The number of aliphatic hydroxyl groups is 1. The maximum absolute atomic E-state index is 13.7. The number of Topliss-reactive ketones (excluding diaryl/α,β-unsaturated/α-hetero) is 1. The average molecular weight is 516 g/mol. The lowest BCUT2D eigenvalue weighted by Gasteiger charge is -2.27. The van der Waals surface area contributed by atoms with Crippen molar-refractivity contribution in [3.05, 3.63) is 64.1 Å². The molecule has 1 aliphatic rings. The number of ether oxygens (including phenoxy) is 4. The molecule has 0 aliphatic carbocycles. The molecule has 9 nitrogen and oxygen atoms in total. The number of fused-ring (bicyclic) bond motifs is 1. The number of hydrogen-bond donors (Lipinski definition) is 1. The van der Waals surface area contributed by atoms with Crippen LogP contribution in [0.1, 0.15) is 29.1 Å². The number of benzene rings is 2. The number of hydrogen-bond acceptors (Lipinski definition) is 8. The maximum Gasteiger partial charge on any atom is 0.290 e. The molecule has 0 bridgehead atoms. The quantitative estimate of drug-likeness (QED) is 0.386. The van der Waals surface area contributed by atoms with E-state index < -0.39 is 23.5 Å². The summed E-state index contributed by atoms with van der Waals surface area (Å²) in [5.41, 5.74) is 0.756. The summed E-state index contributed by atoms with van der Waals surface area (Å²) in [5.74, 6) is -0.766. The molecule has 190 valence electrons. The molecule has 1 atom stereocenters. The second-order valence-corrected chi connectivity index (χ2v) is 8.40. The Bertz CT molecular complexity index is 1350. The van der Waals surface area contributed by atoms with E-state index in [0.717, 1.165) is 0 Å². The molecule has 1 aliphatic heterocycles. The summed E-state index contributed by atoms with van der Waals surface area (Å²) in [7, 11) is 4.48. The highest BCUT2D eigenvalue weighted by Crippen LogP contribution is 2.42. The van der Waals surface area contributed by atoms with Gasteiger partial charge in [-0.25, -0.2) is 0 Å². The van der Waals surface area contributed by atoms with Crippen molar-refractivity contribution in [1.82, 2.24) is 4.90 Å². The summed E-state index contributed by atoms with van der Waals surface area (Å²) in [5, 5.41) is 11.8. The summed E-state index contributed by atoms with van der Waals surface area (Å²) in [4.78, 5) is 28.2. The normalized spacial score (nSPS) is 15.6. The molecule has 0 saturated carbocycles. The van der Waals surface area contributed by atoms with Crippen LogP contribution in [0.2, 0.25) is 5.02 Å². The Balaban J connectivity index is 1.84. The van der Waals surface area contributed by atoms with Crippen LogP contribution < -0.4 is 14.2 Å². The molecule has 2 heterocycles. The molecule has 1 aromatic heterocycles. The van der Waals surface area contributed by atoms with Crippen molar-refractivity contribution < 1.29 is 38.1 Å². The Kier molecular flexibility index (Phi) is 7.42. The first-order valence-electron chi connectivity index (χ1n) is 11.2. The molecule has 36 heavy (non-hydrogen) atoms. The van der Waals surface area contributed by atoms with Gasteiger partial charge in [0.15, 0.2) is 34.4 Å². The van der Waals surface area contributed by atoms with E-state index >= 15 is 0 Å². The maximum atomic E-state index is 13.7. The number of nitrogens with zero attached hydrogens (tertiary/aromatic N) is 1. The smallest absolute Gasteiger partial charge is 0.290 e. The van der Waals surface area contributed by atoms with E-state index in [-0.39, 0.29) is 24.5 Å². The number of halogens is 1. The van der Waals surface area contributed by atoms with Crippen molar-refractivity contribution in [2.75, 3.05) is 41.1 Å². The van der Waals surface area contributed by atoms with Gasteiger partial charge in [0.1, 0.15) is 0 Å². The van der Waals surface area contributed by atoms with Gasteiger partial charge in [0, 0.05) is 30.1 Å². The van der Waals surface area contributed by atoms with Gasteiger partial charge < -0.3 is 33.4 Å². The highest BCUT2D eigenvalue weighted by Gasteiger charge is 2.44. The second kappa shape index (κ2) is 10.5. The highest BCUT2D eigenvalue weighted by atomic mass is 35.5. The van der Waals surface area contributed by atoms with E-state index in [2.05, 4.69) is 0 Å². The molecule has 1 amide bonds. The van der Waals surface area contributed by atoms with Crippen molar-refractivity contribution in [2.45, 2.75) is 13.0 Å². The lowest BCUT2D eigenvalue weighted by atomic mass is 9.94. The number of carbonyl (C=O) groups excluding carboxylic acids is 2. The third kappa shape index (κ3) is 4.47. The number of amides is 1. The summed E-state index contributed by atoms with van der Waals surface area (Å²) in [6, 6.07) is 8.88. The van der Waals surface area contributed by atoms with Crippen LogP contribution in [0.4, 0.5) is 0 Å². The molecule has 0 radical (unpaired) electrons. The molecule has 0 fully saturated rings. The van der Waals surface area contributed by atoms with Crippen molar-refractivity contribution in [3.63, 3.8) is 0 Å². The Labute approximate surface area is 212 Å². The number of ketones is 1. The van der Waals surface area contributed by atoms with Gasteiger partial charge in [0.05, 0.1) is 39.0 Å². The first-order valence-corrected chi connectivity index (χ1v) is 11.6. The van der Waals surface area contributed by atoms with Crippen LogP contribution in [0.5, 0.6) is 17.2 Å². The lowest BCUT2D eigenvalue weighted by molar-refractivity contribution is -0.130. The minimum absolute atomic E-state index is 0.0722. The second-order valence-electron chi connectivity index (χ2n) is 7.97. The minimum atomic E-state index is -0.913. The first-order chi connectivity index (χ1) is 17.3. The van der Waals surface area contributed by atoms with Gasteiger partial charge in [0.2, 0.25) is 5.78 Å². The Morgan fingerprint density at radius 2 is 1.83 bits per heavy atom.